The third-order valence-corrected chi connectivity index (χ3v) is 5.45. The molecule has 31 heavy (non-hydrogen) atoms. The summed E-state index contributed by atoms with van der Waals surface area (Å²) in [6.45, 7) is 7.38. The second-order valence-corrected chi connectivity index (χ2v) is 7.93. The van der Waals surface area contributed by atoms with Gasteiger partial charge in [0.05, 0.1) is 31.2 Å². The van der Waals surface area contributed by atoms with E-state index >= 15 is 0 Å². The highest BCUT2D eigenvalue weighted by Gasteiger charge is 2.21. The molecule has 0 amide bonds. The predicted octanol–water partition coefficient (Wildman–Crippen LogP) is 3.95. The zero-order chi connectivity index (χ0) is 21.8. The van der Waals surface area contributed by atoms with Crippen molar-refractivity contribution in [3.05, 3.63) is 48.7 Å². The number of ether oxygens (including phenoxy) is 3. The Morgan fingerprint density at radius 1 is 1.06 bits per heavy atom. The number of nitrogens with zero attached hydrogens (tertiary/aromatic N) is 2. The molecule has 2 heterocycles. The molecule has 2 atom stereocenters. The fourth-order valence-corrected chi connectivity index (χ4v) is 4.05. The first kappa shape index (κ1) is 21.2. The first-order valence-electron chi connectivity index (χ1n) is 10.5. The third-order valence-electron chi connectivity index (χ3n) is 5.45. The highest BCUT2D eigenvalue weighted by molar-refractivity contribution is 5.83. The van der Waals surface area contributed by atoms with Crippen molar-refractivity contribution in [2.24, 2.45) is 0 Å². The van der Waals surface area contributed by atoms with E-state index in [0.29, 0.717) is 17.9 Å². The minimum absolute atomic E-state index is 0.144. The van der Waals surface area contributed by atoms with Crippen molar-refractivity contribution in [2.75, 3.05) is 33.4 Å². The molecule has 0 saturated carbocycles. The number of aromatic hydroxyl groups is 1. The smallest absolute Gasteiger partial charge is 0.128 e. The Bertz CT molecular complexity index is 992. The second kappa shape index (κ2) is 9.41. The SMILES string of the molecule is COc1ccc(-c2cn[nH]c2-c2ccc(OCCN3C[C@H](C)O[C@@H](C)C3)cc2O)cc1. The fraction of sp³-hybridized carbons (Fsp3) is 0.375. The number of methoxy groups -OCH3 is 1. The van der Waals surface area contributed by atoms with E-state index in [4.69, 9.17) is 14.2 Å². The number of phenols is 1. The maximum absolute atomic E-state index is 10.7. The number of nitrogens with one attached hydrogen (secondary N) is 1. The average molecular weight is 424 g/mol. The maximum atomic E-state index is 10.7. The van der Waals surface area contributed by atoms with Crippen LogP contribution in [0.1, 0.15) is 13.8 Å². The highest BCUT2D eigenvalue weighted by atomic mass is 16.5. The molecule has 0 aliphatic carbocycles. The Morgan fingerprint density at radius 3 is 2.45 bits per heavy atom. The van der Waals surface area contributed by atoms with Crippen molar-refractivity contribution in [3.63, 3.8) is 0 Å². The first-order chi connectivity index (χ1) is 15.0. The molecule has 2 aromatic carbocycles. The van der Waals surface area contributed by atoms with Crippen molar-refractivity contribution in [1.82, 2.24) is 15.1 Å². The topological polar surface area (TPSA) is 79.8 Å². The normalized spacial score (nSPS) is 19.3. The van der Waals surface area contributed by atoms with E-state index in [1.54, 1.807) is 19.4 Å². The van der Waals surface area contributed by atoms with Gasteiger partial charge < -0.3 is 19.3 Å². The summed E-state index contributed by atoms with van der Waals surface area (Å²) in [6.07, 6.45) is 2.23. The number of aromatic nitrogens is 2. The summed E-state index contributed by atoms with van der Waals surface area (Å²) in [5.41, 5.74) is 3.32. The van der Waals surface area contributed by atoms with Crippen LogP contribution in [0.5, 0.6) is 17.2 Å². The van der Waals surface area contributed by atoms with Crippen LogP contribution in [0.3, 0.4) is 0 Å². The van der Waals surface area contributed by atoms with Crippen LogP contribution in [0.25, 0.3) is 22.4 Å². The Kier molecular flexibility index (Phi) is 6.44. The lowest BCUT2D eigenvalue weighted by Crippen LogP contribution is -2.46. The van der Waals surface area contributed by atoms with Gasteiger partial charge in [-0.05, 0) is 43.7 Å². The van der Waals surface area contributed by atoms with Gasteiger partial charge in [-0.1, -0.05) is 12.1 Å². The minimum atomic E-state index is 0.144. The lowest BCUT2D eigenvalue weighted by Gasteiger charge is -2.35. The molecule has 0 spiro atoms. The quantitative estimate of drug-likeness (QED) is 0.599. The number of hydrogen-bond acceptors (Lipinski definition) is 6. The van der Waals surface area contributed by atoms with Crippen LogP contribution in [0.15, 0.2) is 48.7 Å². The zero-order valence-electron chi connectivity index (χ0n) is 18.2. The van der Waals surface area contributed by atoms with Crippen molar-refractivity contribution >= 4 is 0 Å². The number of H-pyrrole nitrogens is 1. The Morgan fingerprint density at radius 2 is 1.77 bits per heavy atom. The molecule has 1 aliphatic heterocycles. The summed E-state index contributed by atoms with van der Waals surface area (Å²) in [5.74, 6) is 1.57. The number of rotatable bonds is 7. The van der Waals surface area contributed by atoms with Gasteiger partial charge in [-0.25, -0.2) is 0 Å². The summed E-state index contributed by atoms with van der Waals surface area (Å²) < 4.78 is 16.9. The van der Waals surface area contributed by atoms with Gasteiger partial charge in [0.25, 0.3) is 0 Å². The molecule has 0 unspecified atom stereocenters. The maximum Gasteiger partial charge on any atom is 0.128 e. The minimum Gasteiger partial charge on any atom is -0.507 e. The van der Waals surface area contributed by atoms with Crippen LogP contribution in [0.4, 0.5) is 0 Å². The fourth-order valence-electron chi connectivity index (χ4n) is 4.05. The molecule has 3 aromatic rings. The zero-order valence-corrected chi connectivity index (χ0v) is 18.2. The second-order valence-electron chi connectivity index (χ2n) is 7.93. The Labute approximate surface area is 182 Å². The number of hydrogen-bond donors (Lipinski definition) is 2. The standard InChI is InChI=1S/C24H29N3O4/c1-16-14-27(15-17(2)31-16)10-11-30-20-8-9-21(23(28)12-20)24-22(13-25-26-24)18-4-6-19(29-3)7-5-18/h4-9,12-13,16-17,28H,10-11,14-15H2,1-3H3,(H,25,26)/t16-,17-/m0/s1. The lowest BCUT2D eigenvalue weighted by molar-refractivity contribution is -0.0699. The number of morpholine rings is 1. The van der Waals surface area contributed by atoms with Gasteiger partial charge in [-0.2, -0.15) is 5.10 Å². The summed E-state index contributed by atoms with van der Waals surface area (Å²) in [5, 5.41) is 17.8. The van der Waals surface area contributed by atoms with Crippen LogP contribution in [0.2, 0.25) is 0 Å². The molecule has 1 saturated heterocycles. The van der Waals surface area contributed by atoms with Crippen LogP contribution >= 0.6 is 0 Å². The van der Waals surface area contributed by atoms with E-state index in [0.717, 1.165) is 42.2 Å². The van der Waals surface area contributed by atoms with E-state index in [2.05, 4.69) is 28.9 Å². The van der Waals surface area contributed by atoms with Crippen LogP contribution < -0.4 is 9.47 Å². The van der Waals surface area contributed by atoms with E-state index < -0.39 is 0 Å². The molecule has 4 rings (SSSR count). The van der Waals surface area contributed by atoms with Gasteiger partial charge in [0.15, 0.2) is 0 Å². The van der Waals surface area contributed by atoms with E-state index in [1.165, 1.54) is 0 Å². The van der Waals surface area contributed by atoms with Crippen LogP contribution in [-0.4, -0.2) is 65.8 Å². The molecular formula is C24H29N3O4. The molecule has 7 nitrogen and oxygen atoms in total. The molecule has 164 valence electrons. The van der Waals surface area contributed by atoms with Crippen molar-refractivity contribution in [1.29, 1.82) is 0 Å². The van der Waals surface area contributed by atoms with E-state index in [-0.39, 0.29) is 18.0 Å². The van der Waals surface area contributed by atoms with Crippen molar-refractivity contribution in [3.8, 4) is 39.6 Å². The molecule has 1 aliphatic rings. The molecule has 0 bridgehead atoms. The van der Waals surface area contributed by atoms with Crippen molar-refractivity contribution < 1.29 is 19.3 Å². The summed E-state index contributed by atoms with van der Waals surface area (Å²) >= 11 is 0. The van der Waals surface area contributed by atoms with Gasteiger partial charge in [0.1, 0.15) is 23.9 Å². The number of phenolic OH excluding ortho intramolecular Hbond substituents is 1. The molecule has 1 aromatic heterocycles. The van der Waals surface area contributed by atoms with Gasteiger partial charge in [-0.3, -0.25) is 10.00 Å². The molecule has 0 radical (unpaired) electrons. The molecule has 2 N–H and O–H groups in total. The van der Waals surface area contributed by atoms with Gasteiger partial charge in [-0.15, -0.1) is 0 Å². The highest BCUT2D eigenvalue weighted by Crippen LogP contribution is 2.37. The predicted molar refractivity (Wildman–Crippen MR) is 120 cm³/mol. The van der Waals surface area contributed by atoms with Crippen LogP contribution in [-0.2, 0) is 4.74 Å². The average Bonchev–Trinajstić information content (AvgIpc) is 3.23. The summed E-state index contributed by atoms with van der Waals surface area (Å²) in [4.78, 5) is 2.35. The van der Waals surface area contributed by atoms with Gasteiger partial charge >= 0.3 is 0 Å². The molecular weight excluding hydrogens is 394 g/mol. The Hall–Kier alpha value is -3.03. The first-order valence-corrected chi connectivity index (χ1v) is 10.5. The summed E-state index contributed by atoms with van der Waals surface area (Å²) in [7, 11) is 1.64. The van der Waals surface area contributed by atoms with Crippen molar-refractivity contribution in [2.45, 2.75) is 26.1 Å². The Balaban J connectivity index is 1.43. The van der Waals surface area contributed by atoms with Crippen LogP contribution in [0, 0.1) is 0 Å². The molecule has 1 fully saturated rings. The monoisotopic (exact) mass is 423 g/mol. The van der Waals surface area contributed by atoms with Gasteiger partial charge in [0, 0.05) is 36.8 Å². The largest absolute Gasteiger partial charge is 0.507 e. The lowest BCUT2D eigenvalue weighted by atomic mass is 10.0. The van der Waals surface area contributed by atoms with E-state index in [9.17, 15) is 5.11 Å². The number of benzene rings is 2. The van der Waals surface area contributed by atoms with Gasteiger partial charge in [0.2, 0.25) is 0 Å². The van der Waals surface area contributed by atoms with E-state index in [1.807, 2.05) is 36.4 Å². The molecule has 7 heteroatoms. The third kappa shape index (κ3) is 5.00. The summed E-state index contributed by atoms with van der Waals surface area (Å²) in [6, 6.07) is 13.1. The number of aromatic amines is 1.